The van der Waals surface area contributed by atoms with E-state index < -0.39 is 8.80 Å². The molecular weight excluding hydrogens is 203 g/mol. The van der Waals surface area contributed by atoms with Crippen LogP contribution in [0, 0.1) is 0 Å². The van der Waals surface area contributed by atoms with E-state index >= 15 is 0 Å². The first-order chi connectivity index (χ1) is 6.07. The highest BCUT2D eigenvalue weighted by Crippen LogP contribution is 2.40. The van der Waals surface area contributed by atoms with E-state index in [0.717, 1.165) is 6.42 Å². The summed E-state index contributed by atoms with van der Waals surface area (Å²) in [4.78, 5) is 0. The minimum absolute atomic E-state index is 0.0827. The lowest BCUT2D eigenvalue weighted by molar-refractivity contribution is 0.120. The van der Waals surface area contributed by atoms with Crippen molar-refractivity contribution < 1.29 is 13.3 Å². The molecule has 13 heavy (non-hydrogen) atoms. The first-order valence-corrected chi connectivity index (χ1v) is 8.50. The monoisotopic (exact) mass is 224 g/mol. The van der Waals surface area contributed by atoms with Crippen LogP contribution in [0.1, 0.15) is 13.3 Å². The topological polar surface area (TPSA) is 27.7 Å². The van der Waals surface area contributed by atoms with Crippen molar-refractivity contribution >= 4 is 16.7 Å². The van der Waals surface area contributed by atoms with E-state index in [2.05, 4.69) is 20.3 Å². The van der Waals surface area contributed by atoms with Gasteiger partial charge in [-0.05, 0) is 19.8 Å². The summed E-state index contributed by atoms with van der Waals surface area (Å²) in [6.45, 7) is 6.64. The van der Waals surface area contributed by atoms with Crippen LogP contribution >= 0.6 is 7.92 Å². The zero-order valence-electron chi connectivity index (χ0n) is 9.46. The van der Waals surface area contributed by atoms with Crippen molar-refractivity contribution in [1.29, 1.82) is 0 Å². The second-order valence-electron chi connectivity index (χ2n) is 3.10. The van der Waals surface area contributed by atoms with Gasteiger partial charge in [0.1, 0.15) is 0 Å². The van der Waals surface area contributed by atoms with Crippen molar-refractivity contribution in [2.75, 3.05) is 34.7 Å². The van der Waals surface area contributed by atoms with Crippen LogP contribution in [0.2, 0.25) is 0 Å². The van der Waals surface area contributed by atoms with Crippen molar-refractivity contribution in [1.82, 2.24) is 0 Å². The van der Waals surface area contributed by atoms with Gasteiger partial charge in [0.15, 0.2) is 0 Å². The Bertz CT molecular complexity index is 131. The lowest BCUT2D eigenvalue weighted by Crippen LogP contribution is -2.53. The van der Waals surface area contributed by atoms with Crippen molar-refractivity contribution in [3.63, 3.8) is 0 Å². The Morgan fingerprint density at radius 2 is 1.46 bits per heavy atom. The fourth-order valence-corrected chi connectivity index (χ4v) is 7.61. The van der Waals surface area contributed by atoms with Crippen LogP contribution in [0.3, 0.4) is 0 Å². The zero-order chi connectivity index (χ0) is 10.5. The minimum Gasteiger partial charge on any atom is -0.376 e. The lowest BCUT2D eigenvalue weighted by Gasteiger charge is -2.34. The molecule has 1 unspecified atom stereocenters. The predicted molar refractivity (Wildman–Crippen MR) is 59.6 cm³/mol. The highest BCUT2D eigenvalue weighted by Gasteiger charge is 2.47. The van der Waals surface area contributed by atoms with Crippen LogP contribution in [-0.4, -0.2) is 48.7 Å². The lowest BCUT2D eigenvalue weighted by atomic mass is 10.6. The molecule has 0 aliphatic carbocycles. The third-order valence-electron chi connectivity index (χ3n) is 2.27. The van der Waals surface area contributed by atoms with Crippen LogP contribution in [-0.2, 0) is 13.3 Å². The van der Waals surface area contributed by atoms with E-state index in [1.165, 1.54) is 0 Å². The van der Waals surface area contributed by atoms with Gasteiger partial charge in [-0.15, -0.1) is 7.92 Å². The van der Waals surface area contributed by atoms with Gasteiger partial charge in [0.25, 0.3) is 0 Å². The molecule has 0 saturated heterocycles. The van der Waals surface area contributed by atoms with Gasteiger partial charge in [-0.25, -0.2) is 0 Å². The molecule has 0 N–H and O–H groups in total. The van der Waals surface area contributed by atoms with E-state index in [1.54, 1.807) is 21.3 Å². The Hall–Kier alpha value is 0.527. The Morgan fingerprint density at radius 3 is 1.54 bits per heavy atom. The number of hydrogen-bond donors (Lipinski definition) is 0. The molecule has 1 atom stereocenters. The molecule has 0 amide bonds. The van der Waals surface area contributed by atoms with Gasteiger partial charge < -0.3 is 13.3 Å². The Morgan fingerprint density at radius 1 is 1.08 bits per heavy atom. The maximum Gasteiger partial charge on any atom is 0.507 e. The molecule has 0 spiro atoms. The molecular formula is C8H21O3PSi. The van der Waals surface area contributed by atoms with E-state index in [0.29, 0.717) is 5.28 Å². The summed E-state index contributed by atoms with van der Waals surface area (Å²) in [5.41, 5.74) is 0. The van der Waals surface area contributed by atoms with Gasteiger partial charge in [-0.3, -0.25) is 0 Å². The normalized spacial score (nSPS) is 15.0. The molecule has 0 bridgehead atoms. The van der Waals surface area contributed by atoms with Gasteiger partial charge >= 0.3 is 8.80 Å². The zero-order valence-corrected chi connectivity index (χ0v) is 11.4. The second-order valence-corrected chi connectivity index (χ2v) is 9.27. The van der Waals surface area contributed by atoms with Crippen LogP contribution in [0.15, 0.2) is 0 Å². The molecule has 0 radical (unpaired) electrons. The fourth-order valence-electron chi connectivity index (χ4n) is 1.59. The third kappa shape index (κ3) is 3.00. The molecule has 80 valence electrons. The molecule has 0 aromatic carbocycles. The average Bonchev–Trinajstić information content (AvgIpc) is 2.13. The molecule has 0 aliphatic heterocycles. The Labute approximate surface area is 83.9 Å². The molecule has 3 nitrogen and oxygen atoms in total. The summed E-state index contributed by atoms with van der Waals surface area (Å²) in [5.74, 6) is 0. The van der Waals surface area contributed by atoms with Crippen molar-refractivity contribution in [2.24, 2.45) is 0 Å². The van der Waals surface area contributed by atoms with Crippen LogP contribution in [0.5, 0.6) is 0 Å². The summed E-state index contributed by atoms with van der Waals surface area (Å²) >= 11 is 0. The molecule has 5 heteroatoms. The van der Waals surface area contributed by atoms with E-state index in [-0.39, 0.29) is 7.92 Å². The molecule has 0 aliphatic rings. The van der Waals surface area contributed by atoms with Gasteiger partial charge in [-0.1, -0.05) is 6.92 Å². The minimum atomic E-state index is -2.38. The first-order valence-electron chi connectivity index (χ1n) is 4.39. The molecule has 0 heterocycles. The van der Waals surface area contributed by atoms with E-state index in [9.17, 15) is 0 Å². The van der Waals surface area contributed by atoms with E-state index in [1.807, 2.05) is 0 Å². The molecule has 0 rings (SSSR count). The van der Waals surface area contributed by atoms with Crippen LogP contribution in [0.25, 0.3) is 0 Å². The average molecular weight is 224 g/mol. The summed E-state index contributed by atoms with van der Waals surface area (Å²) in [6, 6.07) is 0. The quantitative estimate of drug-likeness (QED) is 0.509. The maximum atomic E-state index is 5.46. The van der Waals surface area contributed by atoms with Gasteiger partial charge in [0, 0.05) is 26.6 Å². The highest BCUT2D eigenvalue weighted by molar-refractivity contribution is 7.59. The molecule has 0 aromatic rings. The SMILES string of the molecule is CCC(P(C)C)[Si](OC)(OC)OC. The number of rotatable bonds is 6. The van der Waals surface area contributed by atoms with E-state index in [4.69, 9.17) is 13.3 Å². The van der Waals surface area contributed by atoms with Gasteiger partial charge in [0.05, 0.1) is 0 Å². The Balaban J connectivity index is 4.65. The van der Waals surface area contributed by atoms with Crippen molar-refractivity contribution in [2.45, 2.75) is 18.6 Å². The summed E-state index contributed by atoms with van der Waals surface area (Å²) in [5, 5.41) is 0.447. The number of hydrogen-bond acceptors (Lipinski definition) is 3. The fraction of sp³-hybridized carbons (Fsp3) is 1.00. The predicted octanol–water partition coefficient (Wildman–Crippen LogP) is 1.92. The molecule has 0 saturated carbocycles. The highest BCUT2D eigenvalue weighted by atomic mass is 31.1. The van der Waals surface area contributed by atoms with Crippen molar-refractivity contribution in [3.8, 4) is 0 Å². The van der Waals surface area contributed by atoms with Crippen molar-refractivity contribution in [3.05, 3.63) is 0 Å². The first kappa shape index (κ1) is 13.5. The second kappa shape index (κ2) is 6.09. The smallest absolute Gasteiger partial charge is 0.376 e. The van der Waals surface area contributed by atoms with Crippen LogP contribution < -0.4 is 0 Å². The molecule has 0 aromatic heterocycles. The van der Waals surface area contributed by atoms with Gasteiger partial charge in [-0.2, -0.15) is 0 Å². The largest absolute Gasteiger partial charge is 0.507 e. The summed E-state index contributed by atoms with van der Waals surface area (Å²) in [6.07, 6.45) is 1.06. The third-order valence-corrected chi connectivity index (χ3v) is 9.31. The summed E-state index contributed by atoms with van der Waals surface area (Å²) in [7, 11) is 2.58. The van der Waals surface area contributed by atoms with Crippen LogP contribution in [0.4, 0.5) is 0 Å². The standard InChI is InChI=1S/C8H21O3PSi/c1-7-8(12(5)6)13(9-2,10-3)11-4/h8H,7H2,1-6H3. The maximum absolute atomic E-state index is 5.46. The van der Waals surface area contributed by atoms with Gasteiger partial charge in [0.2, 0.25) is 0 Å². The summed E-state index contributed by atoms with van der Waals surface area (Å²) < 4.78 is 16.4. The molecule has 0 fully saturated rings. The Kier molecular flexibility index (Phi) is 6.34.